The molecule has 1 unspecified atom stereocenters. The summed E-state index contributed by atoms with van der Waals surface area (Å²) in [6, 6.07) is 2.90. The van der Waals surface area contributed by atoms with Crippen molar-refractivity contribution in [1.82, 2.24) is 20.6 Å². The van der Waals surface area contributed by atoms with Gasteiger partial charge in [-0.25, -0.2) is 4.98 Å². The van der Waals surface area contributed by atoms with Gasteiger partial charge in [-0.2, -0.15) is 0 Å². The zero-order valence-electron chi connectivity index (χ0n) is 15.3. The molecule has 4 N–H and O–H groups in total. The molecule has 0 radical (unpaired) electrons. The zero-order chi connectivity index (χ0) is 18.4. The van der Waals surface area contributed by atoms with Gasteiger partial charge >= 0.3 is 0 Å². The number of nitrogens with zero attached hydrogens (tertiary/aromatic N) is 2. The van der Waals surface area contributed by atoms with Crippen molar-refractivity contribution in [3.63, 3.8) is 0 Å². The fourth-order valence-electron chi connectivity index (χ4n) is 2.08. The Balaban J connectivity index is 0.00000338. The first-order valence-electron chi connectivity index (χ1n) is 8.07. The van der Waals surface area contributed by atoms with E-state index >= 15 is 0 Å². The summed E-state index contributed by atoms with van der Waals surface area (Å²) < 4.78 is 0. The number of rotatable bonds is 7. The van der Waals surface area contributed by atoms with Gasteiger partial charge in [-0.1, -0.05) is 13.8 Å². The highest BCUT2D eigenvalue weighted by Gasteiger charge is 2.19. The Morgan fingerprint density at radius 2 is 1.81 bits per heavy atom. The summed E-state index contributed by atoms with van der Waals surface area (Å²) in [6.45, 7) is 5.46. The molecule has 0 spiro atoms. The minimum absolute atomic E-state index is 0. The summed E-state index contributed by atoms with van der Waals surface area (Å²) in [5.41, 5.74) is 7.56. The molecule has 0 aliphatic rings. The number of hydrogen-bond donors (Lipinski definition) is 3. The number of carbonyl (C=O) groups excluding carboxylic acids is 2. The first kappa shape index (κ1) is 25.3. The lowest BCUT2D eigenvalue weighted by Gasteiger charge is -2.16. The van der Waals surface area contributed by atoms with E-state index in [1.807, 2.05) is 38.3 Å². The highest BCUT2D eigenvalue weighted by atomic mass is 35.5. The molecular weight excluding hydrogens is 409 g/mol. The number of nitrogens with one attached hydrogen (secondary N) is 2. The molecule has 0 aliphatic heterocycles. The maximum atomic E-state index is 12.0. The van der Waals surface area contributed by atoms with Crippen LogP contribution < -0.4 is 16.4 Å². The van der Waals surface area contributed by atoms with Gasteiger partial charge in [0, 0.05) is 23.3 Å². The Labute approximate surface area is 175 Å². The van der Waals surface area contributed by atoms with Crippen molar-refractivity contribution in [2.24, 2.45) is 11.7 Å². The second kappa shape index (κ2) is 11.9. The molecule has 2 heterocycles. The molecule has 2 aromatic heterocycles. The van der Waals surface area contributed by atoms with Crippen LogP contribution in [0.1, 0.15) is 31.8 Å². The van der Waals surface area contributed by atoms with Crippen molar-refractivity contribution in [2.75, 3.05) is 6.54 Å². The lowest BCUT2D eigenvalue weighted by Crippen LogP contribution is -2.47. The summed E-state index contributed by atoms with van der Waals surface area (Å²) >= 11 is 1.47. The maximum Gasteiger partial charge on any atom is 0.239 e. The number of amides is 2. The molecule has 27 heavy (non-hydrogen) atoms. The molecule has 0 bridgehead atoms. The Kier molecular flexibility index (Phi) is 11.1. The second-order valence-corrected chi connectivity index (χ2v) is 6.97. The molecule has 2 atom stereocenters. The maximum absolute atomic E-state index is 12.0. The molecule has 7 nitrogen and oxygen atoms in total. The van der Waals surface area contributed by atoms with E-state index in [-0.39, 0.29) is 55.1 Å². The number of nitrogens with two attached hydrogens (primary N) is 1. The van der Waals surface area contributed by atoms with Crippen LogP contribution in [0.15, 0.2) is 29.9 Å². The molecule has 0 fully saturated rings. The van der Waals surface area contributed by atoms with Crippen LogP contribution in [-0.2, 0) is 9.59 Å². The lowest BCUT2D eigenvalue weighted by molar-refractivity contribution is -0.127. The van der Waals surface area contributed by atoms with E-state index in [2.05, 4.69) is 20.6 Å². The number of halogens is 2. The van der Waals surface area contributed by atoms with Gasteiger partial charge in [0.05, 0.1) is 24.3 Å². The van der Waals surface area contributed by atoms with Gasteiger partial charge in [-0.15, -0.1) is 36.2 Å². The Morgan fingerprint density at radius 1 is 1.19 bits per heavy atom. The molecule has 10 heteroatoms. The molecule has 0 aliphatic carbocycles. The van der Waals surface area contributed by atoms with E-state index in [1.54, 1.807) is 12.4 Å². The highest BCUT2D eigenvalue weighted by molar-refractivity contribution is 7.10. The molecule has 2 aromatic rings. The van der Waals surface area contributed by atoms with Crippen LogP contribution in [0.25, 0.3) is 11.3 Å². The van der Waals surface area contributed by atoms with Crippen LogP contribution in [0, 0.1) is 5.92 Å². The van der Waals surface area contributed by atoms with Crippen LogP contribution in [0.2, 0.25) is 0 Å². The summed E-state index contributed by atoms with van der Waals surface area (Å²) in [5.74, 6) is -0.589. The third-order valence-corrected chi connectivity index (χ3v) is 4.72. The SMILES string of the molecule is CC(NC(=O)CNC(=O)[C@@H](N)C(C)C)c1nc(-c2ccncc2)cs1.Cl.Cl. The molecule has 0 aromatic carbocycles. The van der Waals surface area contributed by atoms with Crippen molar-refractivity contribution in [2.45, 2.75) is 32.9 Å². The summed E-state index contributed by atoms with van der Waals surface area (Å²) in [6.07, 6.45) is 3.42. The normalized spacial score (nSPS) is 12.3. The van der Waals surface area contributed by atoms with E-state index < -0.39 is 6.04 Å². The number of carbonyl (C=O) groups is 2. The van der Waals surface area contributed by atoms with Gasteiger partial charge in [0.1, 0.15) is 5.01 Å². The van der Waals surface area contributed by atoms with Crippen molar-refractivity contribution < 1.29 is 9.59 Å². The van der Waals surface area contributed by atoms with Crippen LogP contribution in [-0.4, -0.2) is 34.4 Å². The van der Waals surface area contributed by atoms with Crippen LogP contribution in [0.3, 0.4) is 0 Å². The zero-order valence-corrected chi connectivity index (χ0v) is 17.8. The van der Waals surface area contributed by atoms with Crippen molar-refractivity contribution in [3.8, 4) is 11.3 Å². The monoisotopic (exact) mass is 433 g/mol. The Morgan fingerprint density at radius 3 is 2.41 bits per heavy atom. The van der Waals surface area contributed by atoms with Crippen LogP contribution in [0.4, 0.5) is 0 Å². The fraction of sp³-hybridized carbons (Fsp3) is 0.412. The Bertz CT molecular complexity index is 727. The van der Waals surface area contributed by atoms with Crippen LogP contribution >= 0.6 is 36.2 Å². The van der Waals surface area contributed by atoms with E-state index in [9.17, 15) is 9.59 Å². The first-order chi connectivity index (χ1) is 11.9. The number of aromatic nitrogens is 2. The minimum atomic E-state index is -0.618. The third kappa shape index (κ3) is 7.42. The molecule has 2 amide bonds. The molecular formula is C17H25Cl2N5O2S. The quantitative estimate of drug-likeness (QED) is 0.620. The van der Waals surface area contributed by atoms with Gasteiger partial charge in [0.2, 0.25) is 11.8 Å². The number of pyridine rings is 1. The van der Waals surface area contributed by atoms with Crippen molar-refractivity contribution in [3.05, 3.63) is 34.9 Å². The standard InChI is InChI=1S/C17H23N5O2S.2ClH/c1-10(2)15(18)16(24)20-8-14(23)21-11(3)17-22-13(9-25-17)12-4-6-19-7-5-12;;/h4-7,9-11,15H,8,18H2,1-3H3,(H,20,24)(H,21,23);2*1H/t11?,15-;;/m0../s1. The van der Waals surface area contributed by atoms with E-state index in [1.165, 1.54) is 11.3 Å². The van der Waals surface area contributed by atoms with Gasteiger partial charge in [-0.05, 0) is 25.0 Å². The molecule has 2 rings (SSSR count). The van der Waals surface area contributed by atoms with Gasteiger partial charge in [0.25, 0.3) is 0 Å². The van der Waals surface area contributed by atoms with Gasteiger partial charge in [0.15, 0.2) is 0 Å². The number of hydrogen-bond acceptors (Lipinski definition) is 6. The highest BCUT2D eigenvalue weighted by Crippen LogP contribution is 2.24. The average Bonchev–Trinajstić information content (AvgIpc) is 3.10. The molecule has 0 saturated carbocycles. The lowest BCUT2D eigenvalue weighted by atomic mass is 10.1. The number of thiazole rings is 1. The predicted molar refractivity (Wildman–Crippen MR) is 112 cm³/mol. The van der Waals surface area contributed by atoms with Crippen molar-refractivity contribution >= 4 is 48.0 Å². The second-order valence-electron chi connectivity index (χ2n) is 6.08. The van der Waals surface area contributed by atoms with Crippen LogP contribution in [0.5, 0.6) is 0 Å². The summed E-state index contributed by atoms with van der Waals surface area (Å²) in [4.78, 5) is 32.3. The smallest absolute Gasteiger partial charge is 0.239 e. The first-order valence-corrected chi connectivity index (χ1v) is 8.95. The van der Waals surface area contributed by atoms with E-state index in [4.69, 9.17) is 5.73 Å². The third-order valence-electron chi connectivity index (χ3n) is 3.69. The predicted octanol–water partition coefficient (Wildman–Crippen LogP) is 2.33. The van der Waals surface area contributed by atoms with E-state index in [0.29, 0.717) is 0 Å². The topological polar surface area (TPSA) is 110 Å². The van der Waals surface area contributed by atoms with Gasteiger partial charge < -0.3 is 16.4 Å². The fourth-order valence-corrected chi connectivity index (χ4v) is 2.92. The van der Waals surface area contributed by atoms with Crippen molar-refractivity contribution in [1.29, 1.82) is 0 Å². The minimum Gasteiger partial charge on any atom is -0.346 e. The average molecular weight is 434 g/mol. The van der Waals surface area contributed by atoms with E-state index in [0.717, 1.165) is 16.3 Å². The summed E-state index contributed by atoms with van der Waals surface area (Å²) in [7, 11) is 0. The van der Waals surface area contributed by atoms with Gasteiger partial charge in [-0.3, -0.25) is 14.6 Å². The largest absolute Gasteiger partial charge is 0.346 e. The molecule has 0 saturated heterocycles. The Hall–Kier alpha value is -1.74. The summed E-state index contributed by atoms with van der Waals surface area (Å²) in [5, 5.41) is 8.11. The molecule has 150 valence electrons.